The van der Waals surface area contributed by atoms with E-state index >= 15 is 0 Å². The van der Waals surface area contributed by atoms with Crippen molar-refractivity contribution in [3.05, 3.63) is 29.8 Å². The predicted molar refractivity (Wildman–Crippen MR) is 148 cm³/mol. The van der Waals surface area contributed by atoms with Gasteiger partial charge in [-0.05, 0) is 49.9 Å². The number of hydrogen-bond acceptors (Lipinski definition) is 9. The smallest absolute Gasteiger partial charge is 0.326 e. The number of phenolic OH excluding ortho intramolecular Hbond substituents is 1. The number of carbonyl (C=O) groups excluding carboxylic acids is 3. The highest BCUT2D eigenvalue weighted by atomic mass is 16.4. The average molecular weight is 581 g/mol. The topological polar surface area (TPSA) is 299 Å². The van der Waals surface area contributed by atoms with Crippen LogP contribution in [0.3, 0.4) is 0 Å². The molecule has 1 aromatic carbocycles. The molecule has 1 aromatic rings. The van der Waals surface area contributed by atoms with Crippen LogP contribution in [-0.2, 0) is 30.4 Å². The quantitative estimate of drug-likeness (QED) is 0.0460. The SMILES string of the molecule is NCCCCC(N)C(=O)NC(CC(=O)O)C(=O)NC(CCCN=C(N)N)C(=O)NC(Cc1ccc(O)cc1)C(=O)O. The fourth-order valence-corrected chi connectivity index (χ4v) is 3.69. The molecule has 0 saturated heterocycles. The average Bonchev–Trinajstić information content (AvgIpc) is 2.90. The van der Waals surface area contributed by atoms with Gasteiger partial charge in [0.15, 0.2) is 5.96 Å². The zero-order valence-electron chi connectivity index (χ0n) is 22.6. The van der Waals surface area contributed by atoms with Gasteiger partial charge >= 0.3 is 11.9 Å². The van der Waals surface area contributed by atoms with Crippen LogP contribution in [0.15, 0.2) is 29.3 Å². The molecule has 0 aliphatic heterocycles. The Morgan fingerprint density at radius 3 is 1.95 bits per heavy atom. The lowest BCUT2D eigenvalue weighted by Crippen LogP contribution is -2.57. The highest BCUT2D eigenvalue weighted by Crippen LogP contribution is 2.12. The monoisotopic (exact) mass is 580 g/mol. The van der Waals surface area contributed by atoms with Crippen molar-refractivity contribution in [3.63, 3.8) is 0 Å². The summed E-state index contributed by atoms with van der Waals surface area (Å²) in [5.41, 5.74) is 22.4. The largest absolute Gasteiger partial charge is 0.508 e. The maximum Gasteiger partial charge on any atom is 0.326 e. The van der Waals surface area contributed by atoms with Gasteiger partial charge in [-0.15, -0.1) is 0 Å². The van der Waals surface area contributed by atoms with Crippen LogP contribution in [0, 0.1) is 0 Å². The van der Waals surface area contributed by atoms with Crippen LogP contribution in [0.4, 0.5) is 0 Å². The van der Waals surface area contributed by atoms with E-state index in [0.717, 1.165) is 0 Å². The number of nitrogens with two attached hydrogens (primary N) is 4. The molecule has 4 unspecified atom stereocenters. The second-order valence-corrected chi connectivity index (χ2v) is 9.33. The predicted octanol–water partition coefficient (Wildman–Crippen LogP) is -2.54. The number of carboxylic acid groups (broad SMARTS) is 2. The Morgan fingerprint density at radius 1 is 0.805 bits per heavy atom. The van der Waals surface area contributed by atoms with Crippen molar-refractivity contribution in [2.45, 2.75) is 69.1 Å². The number of phenols is 1. The van der Waals surface area contributed by atoms with E-state index in [0.29, 0.717) is 24.9 Å². The number of rotatable bonds is 19. The van der Waals surface area contributed by atoms with E-state index in [1.807, 2.05) is 0 Å². The number of carboxylic acids is 2. The highest BCUT2D eigenvalue weighted by Gasteiger charge is 2.31. The lowest BCUT2D eigenvalue weighted by molar-refractivity contribution is -0.143. The zero-order chi connectivity index (χ0) is 30.9. The molecule has 4 atom stereocenters. The lowest BCUT2D eigenvalue weighted by atomic mass is 10.0. The van der Waals surface area contributed by atoms with E-state index in [1.54, 1.807) is 0 Å². The summed E-state index contributed by atoms with van der Waals surface area (Å²) in [7, 11) is 0. The summed E-state index contributed by atoms with van der Waals surface area (Å²) in [4.78, 5) is 65.8. The molecule has 41 heavy (non-hydrogen) atoms. The molecule has 0 spiro atoms. The number of nitrogens with zero attached hydrogens (tertiary/aromatic N) is 1. The molecule has 16 heteroatoms. The van der Waals surface area contributed by atoms with Crippen molar-refractivity contribution in [2.75, 3.05) is 13.1 Å². The van der Waals surface area contributed by atoms with Gasteiger partial charge in [0.1, 0.15) is 23.9 Å². The Morgan fingerprint density at radius 2 is 1.39 bits per heavy atom. The van der Waals surface area contributed by atoms with Crippen molar-refractivity contribution in [2.24, 2.45) is 27.9 Å². The molecule has 14 N–H and O–H groups in total. The molecule has 228 valence electrons. The van der Waals surface area contributed by atoms with Crippen LogP contribution < -0.4 is 38.9 Å². The van der Waals surface area contributed by atoms with Gasteiger partial charge in [0.05, 0.1) is 12.5 Å². The second-order valence-electron chi connectivity index (χ2n) is 9.33. The Bertz CT molecular complexity index is 1060. The van der Waals surface area contributed by atoms with Crippen molar-refractivity contribution in [1.82, 2.24) is 16.0 Å². The van der Waals surface area contributed by atoms with Crippen molar-refractivity contribution in [3.8, 4) is 5.75 Å². The van der Waals surface area contributed by atoms with Gasteiger partial charge in [-0.2, -0.15) is 0 Å². The molecule has 0 saturated carbocycles. The van der Waals surface area contributed by atoms with E-state index in [4.69, 9.17) is 22.9 Å². The first-order chi connectivity index (χ1) is 19.3. The number of hydrogen-bond donors (Lipinski definition) is 10. The lowest BCUT2D eigenvalue weighted by Gasteiger charge is -2.24. The Balaban J connectivity index is 3.06. The normalized spacial score (nSPS) is 13.6. The van der Waals surface area contributed by atoms with E-state index in [1.165, 1.54) is 24.3 Å². The standard InChI is InChI=1S/C25H40N8O8/c26-10-2-1-4-16(27)21(37)32-18(13-20(35)36)23(39)31-17(5-3-11-30-25(28)29)22(38)33-19(24(40)41)12-14-6-8-15(34)9-7-14/h6-9,16-19,34H,1-5,10-13,26-27H2,(H,31,39)(H,32,37)(H,33,38)(H,35,36)(H,40,41)(H4,28,29,30). The number of nitrogens with one attached hydrogen (secondary N) is 3. The first kappa shape index (κ1) is 34.6. The second kappa shape index (κ2) is 18.0. The molecule has 16 nitrogen and oxygen atoms in total. The molecule has 0 bridgehead atoms. The summed E-state index contributed by atoms with van der Waals surface area (Å²) in [5, 5.41) is 35.5. The molecule has 3 amide bonds. The van der Waals surface area contributed by atoms with Gasteiger partial charge in [0.2, 0.25) is 17.7 Å². The summed E-state index contributed by atoms with van der Waals surface area (Å²) in [6.45, 7) is 0.494. The molecule has 0 fully saturated rings. The van der Waals surface area contributed by atoms with Crippen molar-refractivity contribution >= 4 is 35.6 Å². The van der Waals surface area contributed by atoms with Crippen LogP contribution >= 0.6 is 0 Å². The molecule has 0 aliphatic rings. The molecular weight excluding hydrogens is 540 g/mol. The van der Waals surface area contributed by atoms with Crippen molar-refractivity contribution < 1.29 is 39.3 Å². The number of unbranched alkanes of at least 4 members (excludes halogenated alkanes) is 1. The van der Waals surface area contributed by atoms with Gasteiger partial charge in [-0.1, -0.05) is 18.6 Å². The van der Waals surface area contributed by atoms with E-state index in [9.17, 15) is 39.3 Å². The van der Waals surface area contributed by atoms with Gasteiger partial charge < -0.3 is 54.2 Å². The number of carbonyl (C=O) groups is 5. The molecule has 0 aromatic heterocycles. The number of guanidine groups is 1. The minimum atomic E-state index is -1.57. The summed E-state index contributed by atoms with van der Waals surface area (Å²) < 4.78 is 0. The zero-order valence-corrected chi connectivity index (χ0v) is 22.6. The van der Waals surface area contributed by atoms with E-state index < -0.39 is 60.2 Å². The number of aromatic hydroxyl groups is 1. The van der Waals surface area contributed by atoms with Crippen LogP contribution in [-0.4, -0.2) is 88.2 Å². The number of aliphatic imine (C=N–C) groups is 1. The van der Waals surface area contributed by atoms with Crippen LogP contribution in [0.1, 0.15) is 44.1 Å². The molecular formula is C25H40N8O8. The summed E-state index contributed by atoms with van der Waals surface area (Å²) in [5.74, 6) is -5.56. The third kappa shape index (κ3) is 14.0. The molecule has 1 rings (SSSR count). The first-order valence-corrected chi connectivity index (χ1v) is 13.0. The summed E-state index contributed by atoms with van der Waals surface area (Å²) in [6.07, 6.45) is 0.649. The van der Waals surface area contributed by atoms with Gasteiger partial charge in [0, 0.05) is 13.0 Å². The third-order valence-electron chi connectivity index (χ3n) is 5.89. The summed E-state index contributed by atoms with van der Waals surface area (Å²) >= 11 is 0. The Hall–Kier alpha value is -4.44. The maximum absolute atomic E-state index is 13.1. The first-order valence-electron chi connectivity index (χ1n) is 13.0. The van der Waals surface area contributed by atoms with Gasteiger partial charge in [-0.25, -0.2) is 4.79 Å². The molecule has 0 heterocycles. The van der Waals surface area contributed by atoms with E-state index in [2.05, 4.69) is 20.9 Å². The molecule has 0 aliphatic carbocycles. The fraction of sp³-hybridized carbons (Fsp3) is 0.520. The molecule has 0 radical (unpaired) electrons. The van der Waals surface area contributed by atoms with E-state index in [-0.39, 0.29) is 43.9 Å². The van der Waals surface area contributed by atoms with Crippen LogP contribution in [0.5, 0.6) is 5.75 Å². The Labute approximate surface area is 236 Å². The van der Waals surface area contributed by atoms with Crippen molar-refractivity contribution in [1.29, 1.82) is 0 Å². The fourth-order valence-electron chi connectivity index (χ4n) is 3.69. The van der Waals surface area contributed by atoms with Gasteiger partial charge in [0.25, 0.3) is 0 Å². The number of amides is 3. The minimum absolute atomic E-state index is 0.0206. The minimum Gasteiger partial charge on any atom is -0.508 e. The van der Waals surface area contributed by atoms with Crippen LogP contribution in [0.2, 0.25) is 0 Å². The Kier molecular flexibility index (Phi) is 15.2. The highest BCUT2D eigenvalue weighted by molar-refractivity contribution is 5.95. The maximum atomic E-state index is 13.1. The third-order valence-corrected chi connectivity index (χ3v) is 5.89. The number of aliphatic carboxylic acids is 2. The summed E-state index contributed by atoms with van der Waals surface area (Å²) in [6, 6.07) is 0.405. The van der Waals surface area contributed by atoms with Gasteiger partial charge in [-0.3, -0.25) is 24.2 Å². The number of benzene rings is 1. The van der Waals surface area contributed by atoms with Crippen LogP contribution in [0.25, 0.3) is 0 Å².